The van der Waals surface area contributed by atoms with Gasteiger partial charge in [-0.3, -0.25) is 9.36 Å². The van der Waals surface area contributed by atoms with Crippen molar-refractivity contribution < 1.29 is 23.8 Å². The van der Waals surface area contributed by atoms with Crippen LogP contribution in [0.5, 0.6) is 17.2 Å². The molecule has 2 aromatic heterocycles. The van der Waals surface area contributed by atoms with Crippen molar-refractivity contribution >= 4 is 35.0 Å². The van der Waals surface area contributed by atoms with Crippen molar-refractivity contribution in [2.75, 3.05) is 43.3 Å². The number of benzene rings is 2. The number of halogens is 1. The summed E-state index contributed by atoms with van der Waals surface area (Å²) >= 11 is 6.33. The van der Waals surface area contributed by atoms with Gasteiger partial charge in [0.2, 0.25) is 18.6 Å². The second-order valence-corrected chi connectivity index (χ2v) is 10.2. The first-order valence-corrected chi connectivity index (χ1v) is 14.0. The number of nitrogens with zero attached hydrogens (tertiary/aromatic N) is 6. The number of nitrogens with one attached hydrogen (secondary N) is 1. The van der Waals surface area contributed by atoms with Crippen LogP contribution in [0.3, 0.4) is 0 Å². The molecular formula is C30H28ClN7O5. The molecule has 1 amide bonds. The van der Waals surface area contributed by atoms with Gasteiger partial charge in [-0.05, 0) is 48.4 Å². The van der Waals surface area contributed by atoms with Crippen LogP contribution in [-0.4, -0.2) is 70.9 Å². The average molecular weight is 602 g/mol. The van der Waals surface area contributed by atoms with E-state index in [4.69, 9.17) is 25.8 Å². The van der Waals surface area contributed by atoms with Gasteiger partial charge in [0.25, 0.3) is 0 Å². The molecule has 0 spiro atoms. The lowest BCUT2D eigenvalue weighted by Crippen LogP contribution is -2.51. The number of rotatable bonds is 9. The summed E-state index contributed by atoms with van der Waals surface area (Å²) in [5.74, 6) is 4.69. The lowest BCUT2D eigenvalue weighted by atomic mass is 10.0. The number of aromatic nitrogens is 4. The summed E-state index contributed by atoms with van der Waals surface area (Å²) in [7, 11) is 1.59. The van der Waals surface area contributed by atoms with Gasteiger partial charge in [0, 0.05) is 50.2 Å². The third-order valence-electron chi connectivity index (χ3n) is 7.26. The molecular weight excluding hydrogens is 574 g/mol. The van der Waals surface area contributed by atoms with Crippen molar-refractivity contribution in [3.05, 3.63) is 83.7 Å². The maximum absolute atomic E-state index is 13.9. The average Bonchev–Trinajstić information content (AvgIpc) is 3.74. The third-order valence-corrected chi connectivity index (χ3v) is 7.45. The van der Waals surface area contributed by atoms with Crippen molar-refractivity contribution in [1.29, 1.82) is 0 Å². The number of hydrogen-bond donors (Lipinski definition) is 1. The Labute approximate surface area is 252 Å². The zero-order valence-corrected chi connectivity index (χ0v) is 24.0. The monoisotopic (exact) mass is 601 g/mol. The SMILES string of the molecule is COc1ccc(N(CCc2ccc3c(c2)OCO3)C(=O)CC2NCCN(c3cc(Cl)nc(-n4ccnc4)n3)C2=C=O)cc1. The van der Waals surface area contributed by atoms with E-state index in [2.05, 4.69) is 26.2 Å². The molecule has 4 heterocycles. The van der Waals surface area contributed by atoms with E-state index < -0.39 is 6.04 Å². The Morgan fingerprint density at radius 3 is 2.77 bits per heavy atom. The maximum Gasteiger partial charge on any atom is 0.238 e. The first-order chi connectivity index (χ1) is 21.0. The highest BCUT2D eigenvalue weighted by Crippen LogP contribution is 2.33. The molecule has 4 aromatic rings. The van der Waals surface area contributed by atoms with Crippen LogP contribution in [0.4, 0.5) is 11.5 Å². The molecule has 0 aliphatic carbocycles. The second kappa shape index (κ2) is 12.5. The predicted molar refractivity (Wildman–Crippen MR) is 159 cm³/mol. The summed E-state index contributed by atoms with van der Waals surface area (Å²) in [5.41, 5.74) is 1.97. The van der Waals surface area contributed by atoms with E-state index in [1.54, 1.807) is 46.3 Å². The van der Waals surface area contributed by atoms with Gasteiger partial charge in [-0.25, -0.2) is 14.8 Å². The normalized spacial score (nSPS) is 15.7. The van der Waals surface area contributed by atoms with Crippen LogP contribution in [-0.2, 0) is 16.0 Å². The Bertz CT molecular complexity index is 1660. The van der Waals surface area contributed by atoms with Gasteiger partial charge >= 0.3 is 0 Å². The van der Waals surface area contributed by atoms with Crippen molar-refractivity contribution in [2.45, 2.75) is 18.9 Å². The summed E-state index contributed by atoms with van der Waals surface area (Å²) in [6.45, 7) is 1.53. The van der Waals surface area contributed by atoms with E-state index in [1.165, 1.54) is 0 Å². The van der Waals surface area contributed by atoms with Crippen molar-refractivity contribution in [3.63, 3.8) is 0 Å². The van der Waals surface area contributed by atoms with Gasteiger partial charge < -0.3 is 29.3 Å². The number of piperazine rings is 1. The third kappa shape index (κ3) is 6.17. The quantitative estimate of drug-likeness (QED) is 0.226. The van der Waals surface area contributed by atoms with Gasteiger partial charge in [-0.15, -0.1) is 0 Å². The molecule has 1 N–H and O–H groups in total. The molecule has 0 saturated carbocycles. The highest BCUT2D eigenvalue weighted by molar-refractivity contribution is 6.29. The molecule has 6 rings (SSSR count). The van der Waals surface area contributed by atoms with Gasteiger partial charge in [-0.1, -0.05) is 17.7 Å². The molecule has 0 bridgehead atoms. The van der Waals surface area contributed by atoms with E-state index in [1.807, 2.05) is 42.5 Å². The smallest absolute Gasteiger partial charge is 0.238 e. The maximum atomic E-state index is 13.9. The van der Waals surface area contributed by atoms with Crippen LogP contribution >= 0.6 is 11.6 Å². The highest BCUT2D eigenvalue weighted by Gasteiger charge is 2.32. The van der Waals surface area contributed by atoms with Crippen LogP contribution < -0.4 is 29.3 Å². The number of imidazole rings is 1. The number of fused-ring (bicyclic) bond motifs is 1. The number of ether oxygens (including phenoxy) is 3. The molecule has 13 heteroatoms. The number of hydrogen-bond acceptors (Lipinski definition) is 10. The molecule has 1 unspecified atom stereocenters. The van der Waals surface area contributed by atoms with E-state index >= 15 is 0 Å². The Hall–Kier alpha value is -4.90. The molecule has 1 atom stereocenters. The topological polar surface area (TPSA) is 124 Å². The second-order valence-electron chi connectivity index (χ2n) is 9.85. The molecule has 220 valence electrons. The summed E-state index contributed by atoms with van der Waals surface area (Å²) in [4.78, 5) is 42.6. The largest absolute Gasteiger partial charge is 0.497 e. The predicted octanol–water partition coefficient (Wildman–Crippen LogP) is 3.21. The van der Waals surface area contributed by atoms with Gasteiger partial charge in [0.1, 0.15) is 34.7 Å². The Balaban J connectivity index is 1.23. The number of amides is 1. The van der Waals surface area contributed by atoms with Crippen LogP contribution in [0.25, 0.3) is 5.95 Å². The molecule has 2 aromatic carbocycles. The summed E-state index contributed by atoms with van der Waals surface area (Å²) in [5, 5.41) is 3.51. The molecule has 12 nitrogen and oxygen atoms in total. The first kappa shape index (κ1) is 28.2. The Kier molecular flexibility index (Phi) is 8.23. The zero-order valence-electron chi connectivity index (χ0n) is 23.3. The van der Waals surface area contributed by atoms with Crippen LogP contribution in [0, 0.1) is 0 Å². The van der Waals surface area contributed by atoms with Crippen molar-refractivity contribution in [3.8, 4) is 23.2 Å². The van der Waals surface area contributed by atoms with Crippen LogP contribution in [0.1, 0.15) is 12.0 Å². The fraction of sp³-hybridized carbons (Fsp3) is 0.267. The van der Waals surface area contributed by atoms with E-state index in [0.717, 1.165) is 5.56 Å². The van der Waals surface area contributed by atoms with Crippen LogP contribution in [0.2, 0.25) is 5.15 Å². The lowest BCUT2D eigenvalue weighted by Gasteiger charge is -2.35. The minimum atomic E-state index is -0.601. The molecule has 2 aliphatic heterocycles. The number of anilines is 2. The fourth-order valence-corrected chi connectivity index (χ4v) is 5.27. The number of carbonyl (C=O) groups excluding carboxylic acids is 2. The minimum Gasteiger partial charge on any atom is -0.497 e. The van der Waals surface area contributed by atoms with Crippen molar-refractivity contribution in [1.82, 2.24) is 24.8 Å². The Morgan fingerprint density at radius 1 is 1.16 bits per heavy atom. The lowest BCUT2D eigenvalue weighted by molar-refractivity contribution is -0.119. The van der Waals surface area contributed by atoms with E-state index in [9.17, 15) is 9.59 Å². The first-order valence-electron chi connectivity index (χ1n) is 13.6. The molecule has 1 saturated heterocycles. The molecule has 43 heavy (non-hydrogen) atoms. The fourth-order valence-electron chi connectivity index (χ4n) is 5.10. The highest BCUT2D eigenvalue weighted by atomic mass is 35.5. The number of carbonyl (C=O) groups is 1. The summed E-state index contributed by atoms with van der Waals surface area (Å²) < 4.78 is 17.9. The van der Waals surface area contributed by atoms with Gasteiger partial charge in [0.05, 0.1) is 13.2 Å². The zero-order chi connectivity index (χ0) is 29.8. The Morgan fingerprint density at radius 2 is 2.00 bits per heavy atom. The van der Waals surface area contributed by atoms with E-state index in [0.29, 0.717) is 60.8 Å². The molecule has 0 radical (unpaired) electrons. The van der Waals surface area contributed by atoms with Crippen molar-refractivity contribution in [2.24, 2.45) is 0 Å². The summed E-state index contributed by atoms with van der Waals surface area (Å²) in [6.07, 6.45) is 5.45. The van der Waals surface area contributed by atoms with Gasteiger partial charge in [0.15, 0.2) is 11.5 Å². The minimum absolute atomic E-state index is 0.0153. The molecule has 2 aliphatic rings. The van der Waals surface area contributed by atoms with Gasteiger partial charge in [-0.2, -0.15) is 4.98 Å². The van der Waals surface area contributed by atoms with Crippen LogP contribution in [0.15, 0.2) is 72.9 Å². The summed E-state index contributed by atoms with van der Waals surface area (Å²) in [6, 6.07) is 14.0. The number of methoxy groups -OCH3 is 1. The standard InChI is InChI=1S/C30H28ClN7O5/c1-41-22-5-3-21(4-6-22)37(11-8-20-2-7-25-26(14-20)43-19-42-25)29(40)15-23-24(17-39)38(13-10-33-23)28-16-27(31)34-30(35-28)36-12-9-32-18-36/h2-7,9,12,14,16,18,23,33H,8,10-11,13,15,19H2,1H3. The van der Waals surface area contributed by atoms with E-state index in [-0.39, 0.29) is 30.0 Å². The molecule has 1 fully saturated rings.